The average molecular weight is 249 g/mol. The van der Waals surface area contributed by atoms with Crippen molar-refractivity contribution in [3.63, 3.8) is 0 Å². The molecule has 18 heavy (non-hydrogen) atoms. The molecular weight excluding hydrogens is 234 g/mol. The zero-order valence-corrected chi connectivity index (χ0v) is 10.2. The average Bonchev–Trinajstić information content (AvgIpc) is 2.37. The molecule has 0 aromatic heterocycles. The Hall–Kier alpha value is -2.08. The molecule has 1 atom stereocenters. The third-order valence-corrected chi connectivity index (χ3v) is 2.78. The van der Waals surface area contributed by atoms with E-state index < -0.39 is 0 Å². The third kappa shape index (κ3) is 2.43. The molecule has 0 bridgehead atoms. The van der Waals surface area contributed by atoms with Crippen LogP contribution in [-0.2, 0) is 9.59 Å². The summed E-state index contributed by atoms with van der Waals surface area (Å²) >= 11 is 0. The summed E-state index contributed by atoms with van der Waals surface area (Å²) in [5, 5.41) is 2.71. The smallest absolute Gasteiger partial charge is 0.262 e. The van der Waals surface area contributed by atoms with Crippen molar-refractivity contribution in [1.82, 2.24) is 10.9 Å². The quantitative estimate of drug-likeness (QED) is 0.676. The van der Waals surface area contributed by atoms with Crippen molar-refractivity contribution >= 4 is 17.5 Å². The van der Waals surface area contributed by atoms with E-state index in [4.69, 9.17) is 4.74 Å². The Labute approximate surface area is 105 Å². The molecule has 0 aliphatic carbocycles. The molecule has 0 radical (unpaired) electrons. The molecule has 6 nitrogen and oxygen atoms in total. The van der Waals surface area contributed by atoms with Gasteiger partial charge in [0.2, 0.25) is 5.91 Å². The lowest BCUT2D eigenvalue weighted by Crippen LogP contribution is -2.37. The number of rotatable bonds is 3. The molecule has 0 spiro atoms. The Balaban J connectivity index is 2.22. The molecule has 1 aliphatic heterocycles. The predicted octanol–water partition coefficient (Wildman–Crippen LogP) is 0.372. The third-order valence-electron chi connectivity index (χ3n) is 2.78. The van der Waals surface area contributed by atoms with Gasteiger partial charge in [-0.25, -0.2) is 5.43 Å². The number of carbonyl (C=O) groups is 2. The van der Waals surface area contributed by atoms with Crippen molar-refractivity contribution in [2.45, 2.75) is 12.8 Å². The summed E-state index contributed by atoms with van der Waals surface area (Å²) in [4.78, 5) is 22.9. The van der Waals surface area contributed by atoms with Crippen molar-refractivity contribution in [3.8, 4) is 5.75 Å². The van der Waals surface area contributed by atoms with Gasteiger partial charge in [-0.3, -0.25) is 15.0 Å². The van der Waals surface area contributed by atoms with E-state index in [2.05, 4.69) is 16.2 Å². The predicted molar refractivity (Wildman–Crippen MR) is 66.2 cm³/mol. The van der Waals surface area contributed by atoms with Crippen LogP contribution < -0.4 is 20.9 Å². The van der Waals surface area contributed by atoms with Crippen LogP contribution in [0.15, 0.2) is 18.2 Å². The first-order valence-electron chi connectivity index (χ1n) is 5.65. The highest BCUT2D eigenvalue weighted by Gasteiger charge is 2.20. The molecule has 96 valence electrons. The van der Waals surface area contributed by atoms with Crippen LogP contribution in [0.3, 0.4) is 0 Å². The summed E-state index contributed by atoms with van der Waals surface area (Å²) in [5.41, 5.74) is 6.54. The van der Waals surface area contributed by atoms with Gasteiger partial charge in [-0.05, 0) is 24.6 Å². The largest absolute Gasteiger partial charge is 0.482 e. The minimum absolute atomic E-state index is 0.0299. The first-order chi connectivity index (χ1) is 8.61. The lowest BCUT2D eigenvalue weighted by molar-refractivity contribution is -0.123. The normalized spacial score (nSPS) is 15.1. The zero-order valence-electron chi connectivity index (χ0n) is 10.2. The summed E-state index contributed by atoms with van der Waals surface area (Å²) in [7, 11) is 1.63. The number of anilines is 1. The number of hydrogen-bond donors (Lipinski definition) is 3. The van der Waals surface area contributed by atoms with Crippen LogP contribution in [-0.4, -0.2) is 25.5 Å². The molecule has 1 heterocycles. The molecule has 1 aliphatic rings. The molecule has 2 rings (SSSR count). The van der Waals surface area contributed by atoms with Gasteiger partial charge in [0.05, 0.1) is 11.6 Å². The van der Waals surface area contributed by atoms with E-state index in [1.165, 1.54) is 0 Å². The monoisotopic (exact) mass is 249 g/mol. The van der Waals surface area contributed by atoms with Gasteiger partial charge in [0.25, 0.3) is 5.91 Å². The van der Waals surface area contributed by atoms with Gasteiger partial charge in [0.15, 0.2) is 6.61 Å². The van der Waals surface area contributed by atoms with E-state index in [-0.39, 0.29) is 24.3 Å². The summed E-state index contributed by atoms with van der Waals surface area (Å²) in [6, 6.07) is 5.33. The Morgan fingerprint density at radius 2 is 2.28 bits per heavy atom. The lowest BCUT2D eigenvalue weighted by Gasteiger charge is -2.20. The molecule has 6 heteroatoms. The summed E-state index contributed by atoms with van der Waals surface area (Å²) in [5.74, 6) is -0.0198. The van der Waals surface area contributed by atoms with Crippen LogP contribution >= 0.6 is 0 Å². The Morgan fingerprint density at radius 3 is 3.00 bits per heavy atom. The van der Waals surface area contributed by atoms with E-state index in [1.54, 1.807) is 26.1 Å². The Bertz CT molecular complexity index is 487. The van der Waals surface area contributed by atoms with Crippen LogP contribution in [0, 0.1) is 0 Å². The molecular formula is C12H15N3O3. The van der Waals surface area contributed by atoms with E-state index >= 15 is 0 Å². The van der Waals surface area contributed by atoms with Gasteiger partial charge in [-0.2, -0.15) is 0 Å². The molecule has 2 amide bonds. The number of nitrogens with one attached hydrogen (secondary N) is 3. The second-order valence-electron chi connectivity index (χ2n) is 4.05. The second-order valence-corrected chi connectivity index (χ2v) is 4.05. The maximum atomic E-state index is 11.7. The topological polar surface area (TPSA) is 79.5 Å². The Kier molecular flexibility index (Phi) is 3.47. The molecule has 0 saturated heterocycles. The Morgan fingerprint density at radius 1 is 1.50 bits per heavy atom. The van der Waals surface area contributed by atoms with Crippen LogP contribution in [0.5, 0.6) is 5.75 Å². The van der Waals surface area contributed by atoms with Crippen LogP contribution in [0.1, 0.15) is 18.4 Å². The summed E-state index contributed by atoms with van der Waals surface area (Å²) < 4.78 is 5.25. The highest BCUT2D eigenvalue weighted by atomic mass is 16.5. The van der Waals surface area contributed by atoms with Gasteiger partial charge >= 0.3 is 0 Å². The number of benzene rings is 1. The molecule has 3 N–H and O–H groups in total. The number of carbonyl (C=O) groups excluding carboxylic acids is 2. The number of fused-ring (bicyclic) bond motifs is 1. The van der Waals surface area contributed by atoms with Crippen LogP contribution in [0.25, 0.3) is 0 Å². The molecule has 0 fully saturated rings. The van der Waals surface area contributed by atoms with Gasteiger partial charge in [0.1, 0.15) is 5.75 Å². The lowest BCUT2D eigenvalue weighted by atomic mass is 9.99. The van der Waals surface area contributed by atoms with Gasteiger partial charge in [-0.15, -0.1) is 0 Å². The standard InChI is InChI=1S/C12H15N3O3/c1-7(12(17)15-13-2)8-3-4-10-9(5-8)14-11(16)6-18-10/h3-5,7,13H,6H2,1-2H3,(H,14,16)(H,15,17). The van der Waals surface area contributed by atoms with Gasteiger partial charge < -0.3 is 10.1 Å². The number of ether oxygens (including phenoxy) is 1. The zero-order chi connectivity index (χ0) is 13.1. The fourth-order valence-electron chi connectivity index (χ4n) is 1.75. The second kappa shape index (κ2) is 5.05. The minimum Gasteiger partial charge on any atom is -0.482 e. The fraction of sp³-hybridized carbons (Fsp3) is 0.333. The van der Waals surface area contributed by atoms with Crippen molar-refractivity contribution in [2.75, 3.05) is 19.0 Å². The van der Waals surface area contributed by atoms with E-state index in [0.717, 1.165) is 5.56 Å². The molecule has 1 unspecified atom stereocenters. The highest BCUT2D eigenvalue weighted by molar-refractivity contribution is 5.95. The molecule has 1 aromatic rings. The van der Waals surface area contributed by atoms with E-state index in [9.17, 15) is 9.59 Å². The SMILES string of the molecule is CNNC(=O)C(C)c1ccc2c(c1)NC(=O)CO2. The first kappa shape index (κ1) is 12.4. The van der Waals surface area contributed by atoms with Crippen LogP contribution in [0.4, 0.5) is 5.69 Å². The number of hydrazine groups is 1. The maximum absolute atomic E-state index is 11.7. The highest BCUT2D eigenvalue weighted by Crippen LogP contribution is 2.31. The molecule has 0 saturated carbocycles. The van der Waals surface area contributed by atoms with Crippen molar-refractivity contribution < 1.29 is 14.3 Å². The fourth-order valence-corrected chi connectivity index (χ4v) is 1.75. The van der Waals surface area contributed by atoms with Gasteiger partial charge in [-0.1, -0.05) is 6.07 Å². The number of amides is 2. The van der Waals surface area contributed by atoms with Gasteiger partial charge in [0, 0.05) is 7.05 Å². The first-order valence-corrected chi connectivity index (χ1v) is 5.65. The maximum Gasteiger partial charge on any atom is 0.262 e. The summed E-state index contributed by atoms with van der Waals surface area (Å²) in [6.45, 7) is 1.82. The number of hydrogen-bond acceptors (Lipinski definition) is 4. The molecule has 1 aromatic carbocycles. The van der Waals surface area contributed by atoms with Crippen LogP contribution in [0.2, 0.25) is 0 Å². The summed E-state index contributed by atoms with van der Waals surface area (Å²) in [6.07, 6.45) is 0. The van der Waals surface area contributed by atoms with Crippen molar-refractivity contribution in [1.29, 1.82) is 0 Å². The van der Waals surface area contributed by atoms with Crippen molar-refractivity contribution in [3.05, 3.63) is 23.8 Å². The van der Waals surface area contributed by atoms with E-state index in [0.29, 0.717) is 11.4 Å². The van der Waals surface area contributed by atoms with Crippen molar-refractivity contribution in [2.24, 2.45) is 0 Å². The van der Waals surface area contributed by atoms with E-state index in [1.807, 2.05) is 6.07 Å². The minimum atomic E-state index is -0.318.